The number of nitrogens with one attached hydrogen (secondary N) is 2. The monoisotopic (exact) mass is 471 g/mol. The minimum atomic E-state index is 0.0191. The summed E-state index contributed by atoms with van der Waals surface area (Å²) in [6, 6.07) is 13.7. The summed E-state index contributed by atoms with van der Waals surface area (Å²) in [6.45, 7) is 0.451. The van der Waals surface area contributed by atoms with Crippen molar-refractivity contribution in [3.63, 3.8) is 0 Å². The van der Waals surface area contributed by atoms with Gasteiger partial charge in [0.25, 0.3) is 0 Å². The Morgan fingerprint density at radius 1 is 1.03 bits per heavy atom. The van der Waals surface area contributed by atoms with Gasteiger partial charge >= 0.3 is 0 Å². The molecule has 0 radical (unpaired) electrons. The van der Waals surface area contributed by atoms with Gasteiger partial charge in [0.2, 0.25) is 11.9 Å². The maximum Gasteiger partial charge on any atom is 0.225 e. The van der Waals surface area contributed by atoms with E-state index in [1.165, 1.54) is 0 Å². The van der Waals surface area contributed by atoms with E-state index in [0.717, 1.165) is 48.0 Å². The molecule has 1 heterocycles. The van der Waals surface area contributed by atoms with Crippen LogP contribution in [0.1, 0.15) is 31.2 Å². The summed E-state index contributed by atoms with van der Waals surface area (Å²) in [5.74, 6) is 1.64. The minimum Gasteiger partial charge on any atom is -0.362 e. The second kappa shape index (κ2) is 9.92. The number of hydrogen-bond donors (Lipinski definition) is 2. The number of carbonyl (C=O) groups excluding carboxylic acids is 1. The second-order valence-corrected chi connectivity index (χ2v) is 9.26. The minimum absolute atomic E-state index is 0.0191. The van der Waals surface area contributed by atoms with Crippen LogP contribution in [-0.4, -0.2) is 36.0 Å². The molecule has 0 aliphatic heterocycles. The molecular weight excluding hydrogens is 445 g/mol. The van der Waals surface area contributed by atoms with Crippen LogP contribution in [0.5, 0.6) is 0 Å². The molecule has 6 nitrogen and oxygen atoms in total. The van der Waals surface area contributed by atoms with E-state index in [1.54, 1.807) is 12.1 Å². The first-order valence-electron chi connectivity index (χ1n) is 10.8. The topological polar surface area (TPSA) is 70.2 Å². The molecule has 2 N–H and O–H groups in total. The largest absolute Gasteiger partial charge is 0.362 e. The quantitative estimate of drug-likeness (QED) is 0.510. The lowest BCUT2D eigenvalue weighted by molar-refractivity contribution is -0.126. The summed E-state index contributed by atoms with van der Waals surface area (Å²) in [6.07, 6.45) is 3.47. The molecule has 1 saturated carbocycles. The standard InChI is InChI=1S/C24H27Cl2N5O/c1-31(2)22-18-5-3-4-6-21(18)29-24(30-22)28-17-10-8-16(9-11-17)23(32)27-14-15-7-12-19(25)20(26)13-15/h3-7,12-13,16-17H,8-11,14H2,1-2H3,(H,27,32)(H,28,29,30). The maximum atomic E-state index is 12.6. The Kier molecular flexibility index (Phi) is 7.01. The molecule has 168 valence electrons. The molecular formula is C24H27Cl2N5O. The first-order chi connectivity index (χ1) is 15.4. The SMILES string of the molecule is CN(C)c1nc(NC2CCC(C(=O)NCc3ccc(Cl)c(Cl)c3)CC2)nc2ccccc12. The average molecular weight is 472 g/mol. The van der Waals surface area contributed by atoms with Crippen LogP contribution in [0.15, 0.2) is 42.5 Å². The zero-order valence-electron chi connectivity index (χ0n) is 18.2. The van der Waals surface area contributed by atoms with Crippen molar-refractivity contribution in [1.82, 2.24) is 15.3 Å². The van der Waals surface area contributed by atoms with E-state index in [9.17, 15) is 4.79 Å². The van der Waals surface area contributed by atoms with Crippen LogP contribution in [0, 0.1) is 5.92 Å². The van der Waals surface area contributed by atoms with Gasteiger partial charge in [0.05, 0.1) is 15.6 Å². The number of para-hydroxylation sites is 1. The number of carbonyl (C=O) groups is 1. The van der Waals surface area contributed by atoms with Crippen molar-refractivity contribution < 1.29 is 4.79 Å². The van der Waals surface area contributed by atoms with E-state index in [4.69, 9.17) is 33.2 Å². The number of hydrogen-bond acceptors (Lipinski definition) is 5. The van der Waals surface area contributed by atoms with E-state index in [2.05, 4.69) is 10.6 Å². The zero-order valence-corrected chi connectivity index (χ0v) is 19.7. The van der Waals surface area contributed by atoms with E-state index >= 15 is 0 Å². The molecule has 8 heteroatoms. The van der Waals surface area contributed by atoms with Crippen LogP contribution in [0.25, 0.3) is 10.9 Å². The van der Waals surface area contributed by atoms with Crippen LogP contribution in [0.4, 0.5) is 11.8 Å². The summed E-state index contributed by atoms with van der Waals surface area (Å²) in [4.78, 5) is 24.1. The summed E-state index contributed by atoms with van der Waals surface area (Å²) in [7, 11) is 3.97. The predicted octanol–water partition coefficient (Wildman–Crippen LogP) is 5.29. The van der Waals surface area contributed by atoms with Crippen LogP contribution < -0.4 is 15.5 Å². The van der Waals surface area contributed by atoms with Crippen molar-refractivity contribution in [3.8, 4) is 0 Å². The maximum absolute atomic E-state index is 12.6. The Morgan fingerprint density at radius 3 is 2.50 bits per heavy atom. The Morgan fingerprint density at radius 2 is 1.78 bits per heavy atom. The molecule has 4 rings (SSSR count). The molecule has 0 atom stereocenters. The van der Waals surface area contributed by atoms with E-state index in [-0.39, 0.29) is 17.9 Å². The molecule has 0 bridgehead atoms. The van der Waals surface area contributed by atoms with Crippen molar-refractivity contribution in [2.45, 2.75) is 38.3 Å². The lowest BCUT2D eigenvalue weighted by Crippen LogP contribution is -2.35. The number of halogens is 2. The lowest BCUT2D eigenvalue weighted by Gasteiger charge is -2.28. The number of rotatable bonds is 6. The molecule has 1 aliphatic rings. The van der Waals surface area contributed by atoms with Gasteiger partial charge < -0.3 is 15.5 Å². The van der Waals surface area contributed by atoms with Gasteiger partial charge in [0.1, 0.15) is 5.82 Å². The third-order valence-corrected chi connectivity index (χ3v) is 6.63. The van der Waals surface area contributed by atoms with E-state index < -0.39 is 0 Å². The number of amides is 1. The fraction of sp³-hybridized carbons (Fsp3) is 0.375. The molecule has 0 saturated heterocycles. The third kappa shape index (κ3) is 5.25. The molecule has 3 aromatic rings. The first kappa shape index (κ1) is 22.6. The Hall–Kier alpha value is -2.57. The van der Waals surface area contributed by atoms with Gasteiger partial charge in [0, 0.05) is 38.0 Å². The lowest BCUT2D eigenvalue weighted by atomic mass is 9.85. The van der Waals surface area contributed by atoms with Crippen molar-refractivity contribution >= 4 is 51.8 Å². The van der Waals surface area contributed by atoms with E-state index in [1.807, 2.05) is 49.3 Å². The average Bonchev–Trinajstić information content (AvgIpc) is 2.79. The van der Waals surface area contributed by atoms with Gasteiger partial charge in [-0.3, -0.25) is 4.79 Å². The number of fused-ring (bicyclic) bond motifs is 1. The van der Waals surface area contributed by atoms with Crippen LogP contribution in [0.2, 0.25) is 10.0 Å². The zero-order chi connectivity index (χ0) is 22.7. The van der Waals surface area contributed by atoms with Crippen LogP contribution >= 0.6 is 23.2 Å². The molecule has 1 aliphatic carbocycles. The Labute approximate surface area is 198 Å². The number of nitrogens with zero attached hydrogens (tertiary/aromatic N) is 3. The third-order valence-electron chi connectivity index (χ3n) is 5.89. The molecule has 2 aromatic carbocycles. The molecule has 0 unspecified atom stereocenters. The normalized spacial score (nSPS) is 18.4. The van der Waals surface area contributed by atoms with Gasteiger partial charge in [0.15, 0.2) is 0 Å². The van der Waals surface area contributed by atoms with E-state index in [0.29, 0.717) is 22.5 Å². The van der Waals surface area contributed by atoms with Gasteiger partial charge in [-0.2, -0.15) is 4.98 Å². The molecule has 32 heavy (non-hydrogen) atoms. The van der Waals surface area contributed by atoms with Crippen LogP contribution in [-0.2, 0) is 11.3 Å². The van der Waals surface area contributed by atoms with Crippen LogP contribution in [0.3, 0.4) is 0 Å². The number of anilines is 2. The molecule has 1 amide bonds. The summed E-state index contributed by atoms with van der Waals surface area (Å²) in [5.41, 5.74) is 1.86. The van der Waals surface area contributed by atoms with Gasteiger partial charge in [-0.15, -0.1) is 0 Å². The smallest absolute Gasteiger partial charge is 0.225 e. The highest BCUT2D eigenvalue weighted by Gasteiger charge is 2.26. The first-order valence-corrected chi connectivity index (χ1v) is 11.6. The number of benzene rings is 2. The van der Waals surface area contributed by atoms with Crippen molar-refractivity contribution in [3.05, 3.63) is 58.1 Å². The predicted molar refractivity (Wildman–Crippen MR) is 132 cm³/mol. The fourth-order valence-corrected chi connectivity index (χ4v) is 4.45. The van der Waals surface area contributed by atoms with Gasteiger partial charge in [-0.1, -0.05) is 41.4 Å². The molecule has 1 aromatic heterocycles. The highest BCUT2D eigenvalue weighted by Crippen LogP contribution is 2.29. The number of aromatic nitrogens is 2. The summed E-state index contributed by atoms with van der Waals surface area (Å²) < 4.78 is 0. The van der Waals surface area contributed by atoms with Gasteiger partial charge in [-0.05, 0) is 55.5 Å². The summed E-state index contributed by atoms with van der Waals surface area (Å²) in [5, 5.41) is 8.56. The summed E-state index contributed by atoms with van der Waals surface area (Å²) >= 11 is 12.0. The molecule has 0 spiro atoms. The second-order valence-electron chi connectivity index (χ2n) is 8.44. The highest BCUT2D eigenvalue weighted by molar-refractivity contribution is 6.42. The Bertz CT molecular complexity index is 1110. The Balaban J connectivity index is 1.33. The molecule has 1 fully saturated rings. The van der Waals surface area contributed by atoms with Crippen molar-refractivity contribution in [1.29, 1.82) is 0 Å². The fourth-order valence-electron chi connectivity index (χ4n) is 4.13. The van der Waals surface area contributed by atoms with Crippen molar-refractivity contribution in [2.24, 2.45) is 5.92 Å². The van der Waals surface area contributed by atoms with Crippen molar-refractivity contribution in [2.75, 3.05) is 24.3 Å². The highest BCUT2D eigenvalue weighted by atomic mass is 35.5. The van der Waals surface area contributed by atoms with Gasteiger partial charge in [-0.25, -0.2) is 4.98 Å².